The van der Waals surface area contributed by atoms with Crippen LogP contribution in [0.4, 0.5) is 11.4 Å². The van der Waals surface area contributed by atoms with Gasteiger partial charge in [-0.1, -0.05) is 34.1 Å². The van der Waals surface area contributed by atoms with Crippen molar-refractivity contribution in [1.29, 1.82) is 0 Å². The zero-order chi connectivity index (χ0) is 23.7. The molecule has 0 aromatic heterocycles. The van der Waals surface area contributed by atoms with Crippen molar-refractivity contribution in [3.8, 4) is 0 Å². The first-order chi connectivity index (χ1) is 15.8. The molecule has 1 N–H and O–H groups in total. The predicted octanol–water partition coefficient (Wildman–Crippen LogP) is 4.32. The van der Waals surface area contributed by atoms with E-state index in [1.807, 2.05) is 38.1 Å². The van der Waals surface area contributed by atoms with Crippen LogP contribution in [-0.2, 0) is 19.1 Å². The average Bonchev–Trinajstić information content (AvgIpc) is 3.06. The Labute approximate surface area is 199 Å². The molecule has 2 aromatic carbocycles. The van der Waals surface area contributed by atoms with Gasteiger partial charge in [0.05, 0.1) is 23.1 Å². The number of benzene rings is 2. The van der Waals surface area contributed by atoms with Crippen molar-refractivity contribution in [3.05, 3.63) is 69.7 Å². The summed E-state index contributed by atoms with van der Waals surface area (Å²) in [6.07, 6.45) is 4.93. The minimum Gasteiger partial charge on any atom is -0.452 e. The molecule has 7 nitrogen and oxygen atoms in total. The van der Waals surface area contributed by atoms with E-state index in [0.717, 1.165) is 20.5 Å². The number of nitrogens with one attached hydrogen (secondary N) is 1. The zero-order valence-corrected chi connectivity index (χ0v) is 19.8. The number of ether oxygens (including phenoxy) is 1. The second kappa shape index (κ2) is 9.31. The first kappa shape index (κ1) is 22.9. The lowest BCUT2D eigenvalue weighted by atomic mass is 9.85. The molecule has 1 fully saturated rings. The molecule has 1 heterocycles. The van der Waals surface area contributed by atoms with Gasteiger partial charge >= 0.3 is 5.97 Å². The van der Waals surface area contributed by atoms with Crippen LogP contribution in [0.2, 0.25) is 0 Å². The molecule has 4 rings (SSSR count). The Morgan fingerprint density at radius 1 is 1.03 bits per heavy atom. The number of amides is 3. The van der Waals surface area contributed by atoms with Gasteiger partial charge in [0.15, 0.2) is 6.61 Å². The Kier molecular flexibility index (Phi) is 6.47. The smallest absolute Gasteiger partial charge is 0.338 e. The molecule has 2 aliphatic rings. The van der Waals surface area contributed by atoms with Crippen LogP contribution in [0.15, 0.2) is 53.0 Å². The minimum atomic E-state index is -0.714. The number of fused-ring (bicyclic) bond motifs is 1. The number of allylic oxidation sites excluding steroid dienone is 2. The molecule has 1 saturated heterocycles. The third-order valence-corrected chi connectivity index (χ3v) is 7.15. The third kappa shape index (κ3) is 4.61. The number of carbonyl (C=O) groups excluding carboxylic acids is 4. The van der Waals surface area contributed by atoms with E-state index in [-0.39, 0.29) is 29.2 Å². The van der Waals surface area contributed by atoms with E-state index >= 15 is 0 Å². The van der Waals surface area contributed by atoms with Crippen molar-refractivity contribution >= 4 is 51.0 Å². The number of esters is 1. The Balaban J connectivity index is 1.41. The Morgan fingerprint density at radius 3 is 2.24 bits per heavy atom. The van der Waals surface area contributed by atoms with Gasteiger partial charge in [-0.15, -0.1) is 0 Å². The monoisotopic (exact) mass is 510 g/mol. The van der Waals surface area contributed by atoms with Crippen LogP contribution in [0.3, 0.4) is 0 Å². The molecule has 2 aromatic rings. The van der Waals surface area contributed by atoms with E-state index < -0.39 is 18.5 Å². The summed E-state index contributed by atoms with van der Waals surface area (Å²) in [7, 11) is 0. The number of aryl methyl sites for hydroxylation is 2. The van der Waals surface area contributed by atoms with Gasteiger partial charge in [0.25, 0.3) is 5.91 Å². The van der Waals surface area contributed by atoms with Gasteiger partial charge in [-0.2, -0.15) is 0 Å². The second-order valence-electron chi connectivity index (χ2n) is 8.27. The maximum Gasteiger partial charge on any atom is 0.338 e. The first-order valence-corrected chi connectivity index (χ1v) is 11.4. The van der Waals surface area contributed by atoms with E-state index in [0.29, 0.717) is 24.2 Å². The summed E-state index contributed by atoms with van der Waals surface area (Å²) in [6.45, 7) is 3.37. The van der Waals surface area contributed by atoms with Crippen molar-refractivity contribution in [2.45, 2.75) is 26.7 Å². The zero-order valence-electron chi connectivity index (χ0n) is 18.3. The normalized spacial score (nSPS) is 19.4. The third-order valence-electron chi connectivity index (χ3n) is 5.90. The quantitative estimate of drug-likeness (QED) is 0.367. The molecule has 0 spiro atoms. The number of hydrogen-bond acceptors (Lipinski definition) is 5. The molecule has 170 valence electrons. The number of carbonyl (C=O) groups is 4. The summed E-state index contributed by atoms with van der Waals surface area (Å²) in [5.41, 5.74) is 3.04. The van der Waals surface area contributed by atoms with E-state index in [1.54, 1.807) is 12.1 Å². The average molecular weight is 511 g/mol. The fourth-order valence-electron chi connectivity index (χ4n) is 4.26. The number of anilines is 2. The van der Waals surface area contributed by atoms with Crippen LogP contribution in [0.25, 0.3) is 0 Å². The summed E-state index contributed by atoms with van der Waals surface area (Å²) < 4.78 is 6.12. The Hall–Kier alpha value is -3.26. The molecule has 33 heavy (non-hydrogen) atoms. The number of halogens is 1. The lowest BCUT2D eigenvalue weighted by Crippen LogP contribution is -2.31. The van der Waals surface area contributed by atoms with Crippen molar-refractivity contribution < 1.29 is 23.9 Å². The van der Waals surface area contributed by atoms with E-state index in [9.17, 15) is 19.2 Å². The van der Waals surface area contributed by atoms with E-state index in [4.69, 9.17) is 4.74 Å². The molecule has 1 aliphatic heterocycles. The van der Waals surface area contributed by atoms with E-state index in [2.05, 4.69) is 21.2 Å². The molecule has 0 saturated carbocycles. The maximum atomic E-state index is 12.8. The minimum absolute atomic E-state index is 0.157. The van der Waals surface area contributed by atoms with Crippen molar-refractivity contribution in [3.63, 3.8) is 0 Å². The van der Waals surface area contributed by atoms with Crippen molar-refractivity contribution in [2.24, 2.45) is 11.8 Å². The molecule has 2 atom stereocenters. The number of hydrogen-bond donors (Lipinski definition) is 1. The van der Waals surface area contributed by atoms with Gasteiger partial charge in [0.1, 0.15) is 0 Å². The lowest BCUT2D eigenvalue weighted by molar-refractivity contribution is -0.122. The summed E-state index contributed by atoms with van der Waals surface area (Å²) in [5, 5.41) is 2.71. The van der Waals surface area contributed by atoms with Gasteiger partial charge in [-0.25, -0.2) is 4.79 Å². The number of imide groups is 1. The van der Waals surface area contributed by atoms with Gasteiger partial charge in [0, 0.05) is 10.2 Å². The van der Waals surface area contributed by atoms with Crippen LogP contribution in [0.5, 0.6) is 0 Å². The van der Waals surface area contributed by atoms with Crippen LogP contribution in [0.1, 0.15) is 34.3 Å². The Bertz CT molecular complexity index is 1140. The van der Waals surface area contributed by atoms with Gasteiger partial charge in [-0.3, -0.25) is 19.3 Å². The molecule has 1 aliphatic carbocycles. The topological polar surface area (TPSA) is 92.8 Å². The highest BCUT2D eigenvalue weighted by atomic mass is 79.9. The fourth-order valence-corrected chi connectivity index (χ4v) is 4.49. The van der Waals surface area contributed by atoms with Crippen LogP contribution in [-0.4, -0.2) is 30.3 Å². The molecular formula is C25H23BrN2O5. The molecule has 0 radical (unpaired) electrons. The van der Waals surface area contributed by atoms with Crippen LogP contribution >= 0.6 is 15.9 Å². The predicted molar refractivity (Wildman–Crippen MR) is 127 cm³/mol. The number of rotatable bonds is 5. The molecule has 0 unspecified atom stereocenters. The summed E-state index contributed by atoms with van der Waals surface area (Å²) in [4.78, 5) is 51.5. The standard InChI is InChI=1S/C25H23BrN2O5/c1-14-10-17(11-15(2)22(14)26)27-21(29)13-33-25(32)16-6-5-7-18(12-16)28-23(30)19-8-3-4-9-20(19)24(28)31/h3-7,10-12,19-20H,8-9,13H2,1-2H3,(H,27,29)/t19-,20-/m0/s1. The summed E-state index contributed by atoms with van der Waals surface area (Å²) in [6, 6.07) is 9.80. The van der Waals surface area contributed by atoms with Crippen LogP contribution < -0.4 is 10.2 Å². The second-order valence-corrected chi connectivity index (χ2v) is 9.06. The van der Waals surface area contributed by atoms with Crippen LogP contribution in [0, 0.1) is 25.7 Å². The van der Waals surface area contributed by atoms with Crippen molar-refractivity contribution in [2.75, 3.05) is 16.8 Å². The van der Waals surface area contributed by atoms with Crippen molar-refractivity contribution in [1.82, 2.24) is 0 Å². The molecular weight excluding hydrogens is 488 g/mol. The lowest BCUT2D eigenvalue weighted by Gasteiger charge is -2.15. The highest BCUT2D eigenvalue weighted by Gasteiger charge is 2.47. The summed E-state index contributed by atoms with van der Waals surface area (Å²) in [5.74, 6) is -2.39. The highest BCUT2D eigenvalue weighted by Crippen LogP contribution is 2.37. The van der Waals surface area contributed by atoms with E-state index in [1.165, 1.54) is 12.1 Å². The SMILES string of the molecule is Cc1cc(NC(=O)COC(=O)c2cccc(N3C(=O)[C@H]4CC=CC[C@@H]4C3=O)c2)cc(C)c1Br. The van der Waals surface area contributed by atoms with Gasteiger partial charge in [-0.05, 0) is 68.1 Å². The maximum absolute atomic E-state index is 12.8. The summed E-state index contributed by atoms with van der Waals surface area (Å²) >= 11 is 3.48. The molecule has 3 amide bonds. The fraction of sp³-hybridized carbons (Fsp3) is 0.280. The number of nitrogens with zero attached hydrogens (tertiary/aromatic N) is 1. The van der Waals surface area contributed by atoms with Gasteiger partial charge < -0.3 is 10.1 Å². The van der Waals surface area contributed by atoms with Gasteiger partial charge in [0.2, 0.25) is 11.8 Å². The largest absolute Gasteiger partial charge is 0.452 e. The first-order valence-electron chi connectivity index (χ1n) is 10.6. The molecule has 0 bridgehead atoms. The molecule has 8 heteroatoms. The Morgan fingerprint density at radius 2 is 1.64 bits per heavy atom. The highest BCUT2D eigenvalue weighted by molar-refractivity contribution is 9.10.